The number of fused-ring (bicyclic) bond motifs is 1. The average molecular weight is 319 g/mol. The summed E-state index contributed by atoms with van der Waals surface area (Å²) in [5.74, 6) is -0.588. The molecule has 0 fully saturated rings. The second-order valence-electron chi connectivity index (χ2n) is 5.41. The number of hydrogen-bond donors (Lipinski definition) is 2. The summed E-state index contributed by atoms with van der Waals surface area (Å²) in [6.07, 6.45) is 0. The number of pyridine rings is 1. The van der Waals surface area contributed by atoms with E-state index in [0.29, 0.717) is 16.9 Å². The van der Waals surface area contributed by atoms with E-state index in [4.69, 9.17) is 0 Å². The highest BCUT2D eigenvalue weighted by Gasteiger charge is 2.12. The number of aromatic nitrogens is 1. The van der Waals surface area contributed by atoms with Crippen molar-refractivity contribution in [3.63, 3.8) is 0 Å². The standard InChI is InChI=1S/C19H17N3O2/c1-13-16(11-14-7-5-6-10-17(14)21-13)19(24)20-12-18(23)22-15-8-3-2-4-9-15/h2-11H,12H2,1H3,(H,20,24)(H,22,23). The van der Waals surface area contributed by atoms with Crippen molar-refractivity contribution in [3.8, 4) is 0 Å². The van der Waals surface area contributed by atoms with Gasteiger partial charge in [-0.3, -0.25) is 14.6 Å². The SMILES string of the molecule is Cc1nc2ccccc2cc1C(=O)NCC(=O)Nc1ccccc1. The number of carbonyl (C=O) groups excluding carboxylic acids is 2. The Morgan fingerprint density at radius 1 is 1.00 bits per heavy atom. The molecular weight excluding hydrogens is 302 g/mol. The van der Waals surface area contributed by atoms with E-state index in [9.17, 15) is 9.59 Å². The van der Waals surface area contributed by atoms with Gasteiger partial charge in [0.1, 0.15) is 0 Å². The second kappa shape index (κ2) is 6.91. The highest BCUT2D eigenvalue weighted by molar-refractivity contribution is 6.01. The Morgan fingerprint density at radius 3 is 2.50 bits per heavy atom. The lowest BCUT2D eigenvalue weighted by Crippen LogP contribution is -2.33. The summed E-state index contributed by atoms with van der Waals surface area (Å²) in [6, 6.07) is 18.5. The maximum Gasteiger partial charge on any atom is 0.253 e. The number of aryl methyl sites for hydroxylation is 1. The molecule has 0 saturated heterocycles. The minimum Gasteiger partial charge on any atom is -0.343 e. The molecule has 0 aliphatic heterocycles. The van der Waals surface area contributed by atoms with Gasteiger partial charge in [0.2, 0.25) is 5.91 Å². The third kappa shape index (κ3) is 3.57. The maximum absolute atomic E-state index is 12.3. The Balaban J connectivity index is 1.67. The molecule has 1 heterocycles. The molecule has 1 aromatic heterocycles. The van der Waals surface area contributed by atoms with Crippen LogP contribution in [0.3, 0.4) is 0 Å². The molecule has 0 aliphatic rings. The highest BCUT2D eigenvalue weighted by Crippen LogP contribution is 2.16. The number of rotatable bonds is 4. The molecule has 2 N–H and O–H groups in total. The van der Waals surface area contributed by atoms with Crippen LogP contribution in [0, 0.1) is 6.92 Å². The van der Waals surface area contributed by atoms with Crippen LogP contribution < -0.4 is 10.6 Å². The van der Waals surface area contributed by atoms with Crippen molar-refractivity contribution in [1.82, 2.24) is 10.3 Å². The first-order valence-corrected chi connectivity index (χ1v) is 7.63. The minimum atomic E-state index is -0.311. The molecule has 2 aromatic carbocycles. The average Bonchev–Trinajstić information content (AvgIpc) is 2.60. The van der Waals surface area contributed by atoms with Crippen molar-refractivity contribution in [1.29, 1.82) is 0 Å². The van der Waals surface area contributed by atoms with E-state index in [-0.39, 0.29) is 18.4 Å². The van der Waals surface area contributed by atoms with Crippen LogP contribution in [0.1, 0.15) is 16.1 Å². The molecule has 0 unspecified atom stereocenters. The van der Waals surface area contributed by atoms with E-state index in [0.717, 1.165) is 10.9 Å². The monoisotopic (exact) mass is 319 g/mol. The minimum absolute atomic E-state index is 0.0972. The van der Waals surface area contributed by atoms with Crippen molar-refractivity contribution >= 4 is 28.4 Å². The number of amides is 2. The first-order chi connectivity index (χ1) is 11.6. The van der Waals surface area contributed by atoms with Gasteiger partial charge < -0.3 is 10.6 Å². The summed E-state index contributed by atoms with van der Waals surface area (Å²) in [5.41, 5.74) is 2.64. The maximum atomic E-state index is 12.3. The van der Waals surface area contributed by atoms with E-state index < -0.39 is 0 Å². The Morgan fingerprint density at radius 2 is 1.71 bits per heavy atom. The molecule has 3 rings (SSSR count). The van der Waals surface area contributed by atoms with Gasteiger partial charge in [-0.15, -0.1) is 0 Å². The summed E-state index contributed by atoms with van der Waals surface area (Å²) >= 11 is 0. The molecule has 0 atom stereocenters. The molecule has 0 bridgehead atoms. The Labute approximate surface area is 139 Å². The quantitative estimate of drug-likeness (QED) is 0.777. The third-order valence-corrected chi connectivity index (χ3v) is 3.63. The van der Waals surface area contributed by atoms with Crippen molar-refractivity contribution in [2.24, 2.45) is 0 Å². The molecule has 0 saturated carbocycles. The van der Waals surface area contributed by atoms with Crippen molar-refractivity contribution in [2.45, 2.75) is 6.92 Å². The number of nitrogens with zero attached hydrogens (tertiary/aromatic N) is 1. The summed E-state index contributed by atoms with van der Waals surface area (Å²) in [7, 11) is 0. The molecule has 0 spiro atoms. The largest absolute Gasteiger partial charge is 0.343 e. The van der Waals surface area contributed by atoms with Crippen molar-refractivity contribution in [3.05, 3.63) is 71.9 Å². The van der Waals surface area contributed by atoms with E-state index in [1.165, 1.54) is 0 Å². The molecule has 2 amide bonds. The zero-order valence-corrected chi connectivity index (χ0v) is 13.2. The van der Waals surface area contributed by atoms with Gasteiger partial charge in [-0.1, -0.05) is 36.4 Å². The molecule has 5 nitrogen and oxygen atoms in total. The van der Waals surface area contributed by atoms with Crippen LogP contribution in [-0.4, -0.2) is 23.3 Å². The number of para-hydroxylation sites is 2. The van der Waals surface area contributed by atoms with E-state index >= 15 is 0 Å². The lowest BCUT2D eigenvalue weighted by molar-refractivity contribution is -0.115. The molecule has 0 aliphatic carbocycles. The fourth-order valence-corrected chi connectivity index (χ4v) is 2.42. The smallest absolute Gasteiger partial charge is 0.253 e. The van der Waals surface area contributed by atoms with Gasteiger partial charge in [0, 0.05) is 11.1 Å². The predicted molar refractivity (Wildman–Crippen MR) is 93.9 cm³/mol. The third-order valence-electron chi connectivity index (χ3n) is 3.63. The van der Waals surface area contributed by atoms with Gasteiger partial charge in [-0.2, -0.15) is 0 Å². The summed E-state index contributed by atoms with van der Waals surface area (Å²) in [6.45, 7) is 1.69. The van der Waals surface area contributed by atoms with Crippen LogP contribution in [0.4, 0.5) is 5.69 Å². The lowest BCUT2D eigenvalue weighted by Gasteiger charge is -2.09. The molecule has 3 aromatic rings. The fraction of sp³-hybridized carbons (Fsp3) is 0.105. The number of benzene rings is 2. The summed E-state index contributed by atoms with van der Waals surface area (Å²) in [4.78, 5) is 28.7. The Hall–Kier alpha value is -3.21. The predicted octanol–water partition coefficient (Wildman–Crippen LogP) is 2.91. The van der Waals surface area contributed by atoms with Gasteiger partial charge >= 0.3 is 0 Å². The van der Waals surface area contributed by atoms with E-state index in [1.54, 1.807) is 25.1 Å². The topological polar surface area (TPSA) is 71.1 Å². The number of hydrogen-bond acceptors (Lipinski definition) is 3. The van der Waals surface area contributed by atoms with Gasteiger partial charge in [0.05, 0.1) is 23.3 Å². The Bertz CT molecular complexity index is 892. The molecular formula is C19H17N3O2. The van der Waals surface area contributed by atoms with Crippen LogP contribution in [-0.2, 0) is 4.79 Å². The van der Waals surface area contributed by atoms with Crippen molar-refractivity contribution in [2.75, 3.05) is 11.9 Å². The van der Waals surface area contributed by atoms with Crippen LogP contribution in [0.2, 0.25) is 0 Å². The van der Waals surface area contributed by atoms with Gasteiger partial charge in [0.15, 0.2) is 0 Å². The highest BCUT2D eigenvalue weighted by atomic mass is 16.2. The number of carbonyl (C=O) groups is 2. The van der Waals surface area contributed by atoms with Crippen LogP contribution in [0.15, 0.2) is 60.7 Å². The lowest BCUT2D eigenvalue weighted by atomic mass is 10.1. The van der Waals surface area contributed by atoms with Crippen LogP contribution in [0.25, 0.3) is 10.9 Å². The molecule has 0 radical (unpaired) electrons. The van der Waals surface area contributed by atoms with Gasteiger partial charge in [0.25, 0.3) is 5.91 Å². The van der Waals surface area contributed by atoms with Crippen LogP contribution in [0.5, 0.6) is 0 Å². The Kier molecular flexibility index (Phi) is 4.52. The molecule has 24 heavy (non-hydrogen) atoms. The molecule has 120 valence electrons. The fourth-order valence-electron chi connectivity index (χ4n) is 2.42. The van der Waals surface area contributed by atoms with Crippen LogP contribution >= 0.6 is 0 Å². The van der Waals surface area contributed by atoms with Gasteiger partial charge in [-0.05, 0) is 31.2 Å². The number of nitrogens with one attached hydrogen (secondary N) is 2. The number of anilines is 1. The van der Waals surface area contributed by atoms with Gasteiger partial charge in [-0.25, -0.2) is 0 Å². The molecule has 5 heteroatoms. The summed E-state index contributed by atoms with van der Waals surface area (Å²) in [5, 5.41) is 6.25. The first-order valence-electron chi connectivity index (χ1n) is 7.63. The zero-order chi connectivity index (χ0) is 16.9. The van der Waals surface area contributed by atoms with E-state index in [1.807, 2.05) is 42.5 Å². The summed E-state index contributed by atoms with van der Waals surface area (Å²) < 4.78 is 0. The first kappa shape index (κ1) is 15.7. The zero-order valence-electron chi connectivity index (χ0n) is 13.2. The van der Waals surface area contributed by atoms with E-state index in [2.05, 4.69) is 15.6 Å². The normalized spacial score (nSPS) is 10.4. The second-order valence-corrected chi connectivity index (χ2v) is 5.41. The van der Waals surface area contributed by atoms with Crippen molar-refractivity contribution < 1.29 is 9.59 Å².